The Kier molecular flexibility index (Phi) is 4.10. The van der Waals surface area contributed by atoms with Gasteiger partial charge in [0.05, 0.1) is 19.5 Å². The van der Waals surface area contributed by atoms with Crippen LogP contribution in [0.15, 0.2) is 30.3 Å². The zero-order valence-electron chi connectivity index (χ0n) is 10.6. The Balaban J connectivity index is 2.01. The number of carbonyl (C=O) groups is 2. The lowest BCUT2D eigenvalue weighted by atomic mass is 10.2. The number of amides is 2. The molecular weight excluding hydrogens is 228 g/mol. The number of benzene rings is 1. The molecule has 0 bridgehead atoms. The van der Waals surface area contributed by atoms with Gasteiger partial charge < -0.3 is 5.32 Å². The molecule has 1 atom stereocenters. The van der Waals surface area contributed by atoms with Crippen molar-refractivity contribution in [1.82, 2.24) is 4.90 Å². The number of hydrogen-bond donors (Lipinski definition) is 1. The van der Waals surface area contributed by atoms with Crippen molar-refractivity contribution in [3.05, 3.63) is 35.9 Å². The van der Waals surface area contributed by atoms with Crippen LogP contribution in [-0.4, -0.2) is 29.3 Å². The van der Waals surface area contributed by atoms with Crippen molar-refractivity contribution in [3.8, 4) is 0 Å². The van der Waals surface area contributed by atoms with Crippen molar-refractivity contribution in [2.75, 3.05) is 6.54 Å². The molecule has 2 amide bonds. The van der Waals surface area contributed by atoms with Crippen LogP contribution in [0.4, 0.5) is 0 Å². The maximum absolute atomic E-state index is 12.1. The first kappa shape index (κ1) is 12.8. The van der Waals surface area contributed by atoms with Crippen molar-refractivity contribution in [2.45, 2.75) is 32.4 Å². The standard InChI is InChI=1S/C14H18N2O2/c1-2-8-15-12-9-13(17)16(14(12)18)10-11-6-4-3-5-7-11/h3-7,12,15H,2,8-10H2,1H3/p+1/t12-/m1/s1. The van der Waals surface area contributed by atoms with Crippen molar-refractivity contribution < 1.29 is 14.9 Å². The second kappa shape index (κ2) is 5.78. The van der Waals surface area contributed by atoms with E-state index in [-0.39, 0.29) is 17.9 Å². The van der Waals surface area contributed by atoms with Crippen LogP contribution in [-0.2, 0) is 16.1 Å². The molecule has 18 heavy (non-hydrogen) atoms. The van der Waals surface area contributed by atoms with E-state index in [4.69, 9.17) is 0 Å². The molecule has 0 aromatic heterocycles. The van der Waals surface area contributed by atoms with Crippen LogP contribution in [0.3, 0.4) is 0 Å². The van der Waals surface area contributed by atoms with Gasteiger partial charge in [0.15, 0.2) is 6.04 Å². The fourth-order valence-corrected chi connectivity index (χ4v) is 2.19. The van der Waals surface area contributed by atoms with Crippen molar-refractivity contribution in [2.24, 2.45) is 0 Å². The Hall–Kier alpha value is -1.68. The number of quaternary nitrogens is 1. The van der Waals surface area contributed by atoms with Crippen molar-refractivity contribution >= 4 is 11.8 Å². The summed E-state index contributed by atoms with van der Waals surface area (Å²) < 4.78 is 0. The summed E-state index contributed by atoms with van der Waals surface area (Å²) in [5.41, 5.74) is 0.996. The van der Waals surface area contributed by atoms with E-state index in [1.807, 2.05) is 35.6 Å². The van der Waals surface area contributed by atoms with E-state index in [1.54, 1.807) is 0 Å². The zero-order valence-corrected chi connectivity index (χ0v) is 10.6. The molecule has 1 aromatic carbocycles. The van der Waals surface area contributed by atoms with Crippen LogP contribution >= 0.6 is 0 Å². The average molecular weight is 247 g/mol. The minimum atomic E-state index is -0.207. The van der Waals surface area contributed by atoms with Gasteiger partial charge in [-0.2, -0.15) is 0 Å². The van der Waals surface area contributed by atoms with Crippen LogP contribution in [0, 0.1) is 0 Å². The summed E-state index contributed by atoms with van der Waals surface area (Å²) in [6.45, 7) is 3.36. The van der Waals surface area contributed by atoms with Crippen LogP contribution in [0.1, 0.15) is 25.3 Å². The van der Waals surface area contributed by atoms with Gasteiger partial charge in [0.25, 0.3) is 5.91 Å². The molecule has 1 aliphatic heterocycles. The fourth-order valence-electron chi connectivity index (χ4n) is 2.19. The number of nitrogens with two attached hydrogens (primary N) is 1. The Morgan fingerprint density at radius 3 is 2.67 bits per heavy atom. The van der Waals surface area contributed by atoms with Crippen molar-refractivity contribution in [3.63, 3.8) is 0 Å². The molecule has 4 nitrogen and oxygen atoms in total. The summed E-state index contributed by atoms with van der Waals surface area (Å²) in [6.07, 6.45) is 1.35. The molecule has 0 unspecified atom stereocenters. The highest BCUT2D eigenvalue weighted by Gasteiger charge is 2.40. The highest BCUT2D eigenvalue weighted by Crippen LogP contribution is 2.14. The van der Waals surface area contributed by atoms with Gasteiger partial charge in [-0.25, -0.2) is 0 Å². The summed E-state index contributed by atoms with van der Waals surface area (Å²) in [5.74, 6) is -0.0986. The molecule has 4 heteroatoms. The maximum atomic E-state index is 12.1. The van der Waals surface area contributed by atoms with Crippen LogP contribution in [0.2, 0.25) is 0 Å². The fraction of sp³-hybridized carbons (Fsp3) is 0.429. The maximum Gasteiger partial charge on any atom is 0.288 e. The molecule has 96 valence electrons. The third-order valence-corrected chi connectivity index (χ3v) is 3.20. The Morgan fingerprint density at radius 1 is 1.28 bits per heavy atom. The zero-order chi connectivity index (χ0) is 13.0. The second-order valence-corrected chi connectivity index (χ2v) is 4.64. The number of rotatable bonds is 5. The van der Waals surface area contributed by atoms with Crippen molar-refractivity contribution in [1.29, 1.82) is 0 Å². The van der Waals surface area contributed by atoms with Gasteiger partial charge in [-0.3, -0.25) is 14.5 Å². The lowest BCUT2D eigenvalue weighted by Gasteiger charge is -2.14. The summed E-state index contributed by atoms with van der Waals surface area (Å²) in [5, 5.41) is 1.98. The Morgan fingerprint density at radius 2 is 2.00 bits per heavy atom. The van der Waals surface area contributed by atoms with Gasteiger partial charge in [0.2, 0.25) is 5.91 Å². The summed E-state index contributed by atoms with van der Waals surface area (Å²) >= 11 is 0. The quantitative estimate of drug-likeness (QED) is 0.760. The van der Waals surface area contributed by atoms with E-state index < -0.39 is 0 Å². The lowest BCUT2D eigenvalue weighted by Crippen LogP contribution is -2.91. The van der Waals surface area contributed by atoms with Crippen LogP contribution in [0.25, 0.3) is 0 Å². The monoisotopic (exact) mass is 247 g/mol. The van der Waals surface area contributed by atoms with Gasteiger partial charge in [0, 0.05) is 0 Å². The second-order valence-electron chi connectivity index (χ2n) is 4.64. The first-order valence-corrected chi connectivity index (χ1v) is 6.44. The number of carbonyl (C=O) groups excluding carboxylic acids is 2. The molecule has 2 rings (SSSR count). The average Bonchev–Trinajstić information content (AvgIpc) is 2.65. The molecule has 2 N–H and O–H groups in total. The minimum Gasteiger partial charge on any atom is -0.336 e. The Labute approximate surface area is 107 Å². The molecule has 1 heterocycles. The minimum absolute atomic E-state index is 0.0442. The SMILES string of the molecule is CCC[NH2+][C@@H]1CC(=O)N(Cc2ccccc2)C1=O. The third-order valence-electron chi connectivity index (χ3n) is 3.20. The number of likely N-dealkylation sites (tertiary alicyclic amines) is 1. The summed E-state index contributed by atoms with van der Waals surface area (Å²) in [7, 11) is 0. The van der Waals surface area contributed by atoms with Gasteiger partial charge in [0.1, 0.15) is 0 Å². The molecule has 1 fully saturated rings. The first-order valence-electron chi connectivity index (χ1n) is 6.44. The van der Waals surface area contributed by atoms with E-state index in [0.29, 0.717) is 13.0 Å². The number of imide groups is 1. The van der Waals surface area contributed by atoms with E-state index in [0.717, 1.165) is 18.5 Å². The van der Waals surface area contributed by atoms with E-state index in [9.17, 15) is 9.59 Å². The van der Waals surface area contributed by atoms with Gasteiger partial charge in [-0.15, -0.1) is 0 Å². The topological polar surface area (TPSA) is 54.0 Å². The predicted molar refractivity (Wildman–Crippen MR) is 67.5 cm³/mol. The molecule has 1 saturated heterocycles. The van der Waals surface area contributed by atoms with Gasteiger partial charge in [-0.05, 0) is 12.0 Å². The smallest absolute Gasteiger partial charge is 0.288 e. The molecule has 1 aromatic rings. The molecule has 0 saturated carbocycles. The van der Waals surface area contributed by atoms with Crippen LogP contribution in [0.5, 0.6) is 0 Å². The third kappa shape index (κ3) is 2.76. The highest BCUT2D eigenvalue weighted by molar-refractivity contribution is 6.04. The molecule has 0 spiro atoms. The number of hydrogen-bond acceptors (Lipinski definition) is 2. The highest BCUT2D eigenvalue weighted by atomic mass is 16.2. The molecule has 0 radical (unpaired) electrons. The van der Waals surface area contributed by atoms with Gasteiger partial charge >= 0.3 is 0 Å². The molecule has 0 aliphatic carbocycles. The number of nitrogens with zero attached hydrogens (tertiary/aromatic N) is 1. The first-order chi connectivity index (χ1) is 8.72. The Bertz CT molecular complexity index is 431. The van der Waals surface area contributed by atoms with E-state index in [2.05, 4.69) is 6.92 Å². The largest absolute Gasteiger partial charge is 0.336 e. The van der Waals surface area contributed by atoms with E-state index in [1.165, 1.54) is 4.90 Å². The van der Waals surface area contributed by atoms with Gasteiger partial charge in [-0.1, -0.05) is 37.3 Å². The lowest BCUT2D eigenvalue weighted by molar-refractivity contribution is -0.674. The predicted octanol–water partition coefficient (Wildman–Crippen LogP) is 0.287. The molecular formula is C14H19N2O2+. The van der Waals surface area contributed by atoms with E-state index >= 15 is 0 Å². The molecule has 1 aliphatic rings. The normalized spacial score (nSPS) is 19.6. The summed E-state index contributed by atoms with van der Waals surface area (Å²) in [6, 6.07) is 9.42. The summed E-state index contributed by atoms with van der Waals surface area (Å²) in [4.78, 5) is 25.3. The van der Waals surface area contributed by atoms with Crippen LogP contribution < -0.4 is 5.32 Å².